The highest BCUT2D eigenvalue weighted by Gasteiger charge is 1.91. The summed E-state index contributed by atoms with van der Waals surface area (Å²) in [6, 6.07) is 0. The molecule has 0 unspecified atom stereocenters. The lowest BCUT2D eigenvalue weighted by Gasteiger charge is -1.91. The summed E-state index contributed by atoms with van der Waals surface area (Å²) < 4.78 is 4.04. The van der Waals surface area contributed by atoms with Crippen LogP contribution in [0.1, 0.15) is 6.92 Å². The van der Waals surface area contributed by atoms with Crippen molar-refractivity contribution in [1.29, 1.82) is 0 Å². The lowest BCUT2D eigenvalue weighted by molar-refractivity contribution is 1.34. The van der Waals surface area contributed by atoms with Crippen LogP contribution >= 0.6 is 11.9 Å². The zero-order valence-corrected chi connectivity index (χ0v) is 7.27. The van der Waals surface area contributed by atoms with Gasteiger partial charge in [0.15, 0.2) is 0 Å². The minimum Gasteiger partial charge on any atom is -0.287 e. The molecule has 0 atom stereocenters. The van der Waals surface area contributed by atoms with Crippen molar-refractivity contribution >= 4 is 24.4 Å². The quantitative estimate of drug-likeness (QED) is 0.506. The van der Waals surface area contributed by atoms with Gasteiger partial charge in [-0.3, -0.25) is 4.99 Å². The lowest BCUT2D eigenvalue weighted by atomic mass is 10.3. The second-order valence-electron chi connectivity index (χ2n) is 2.23. The number of hydrogen-bond acceptors (Lipinski definition) is 3. The summed E-state index contributed by atoms with van der Waals surface area (Å²) >= 11 is 1.39. The highest BCUT2D eigenvalue weighted by molar-refractivity contribution is 8.02. The number of nitrogens with zero attached hydrogens (tertiary/aromatic N) is 2. The molecule has 2 nitrogen and oxygen atoms in total. The molecule has 1 heterocycles. The Kier molecular flexibility index (Phi) is 3.11. The van der Waals surface area contributed by atoms with Crippen LogP contribution in [0, 0.1) is 0 Å². The maximum absolute atomic E-state index is 4.11. The van der Waals surface area contributed by atoms with Gasteiger partial charge < -0.3 is 0 Å². The van der Waals surface area contributed by atoms with Crippen molar-refractivity contribution in [3.8, 4) is 0 Å². The van der Waals surface area contributed by atoms with E-state index in [2.05, 4.69) is 16.0 Å². The minimum absolute atomic E-state index is 0.658. The first-order valence-corrected chi connectivity index (χ1v) is 4.12. The van der Waals surface area contributed by atoms with Gasteiger partial charge in [0.25, 0.3) is 0 Å². The highest BCUT2D eigenvalue weighted by Crippen LogP contribution is 2.17. The molecule has 0 N–H and O–H groups in total. The van der Waals surface area contributed by atoms with E-state index < -0.39 is 0 Å². The van der Waals surface area contributed by atoms with Crippen LogP contribution in [-0.4, -0.2) is 19.0 Å². The van der Waals surface area contributed by atoms with Gasteiger partial charge in [0.05, 0.1) is 6.54 Å². The van der Waals surface area contributed by atoms with Crippen molar-refractivity contribution in [2.24, 2.45) is 9.39 Å². The number of aliphatic imine (C=N–C) groups is 1. The molecule has 0 aromatic carbocycles. The van der Waals surface area contributed by atoms with E-state index in [4.69, 9.17) is 0 Å². The molecule has 58 valence electrons. The normalized spacial score (nSPS) is 26.3. The number of rotatable bonds is 0. The molecule has 1 rings (SSSR count). The fraction of sp³-hybridized carbons (Fsp3) is 0.250. The Morgan fingerprint density at radius 3 is 3.27 bits per heavy atom. The molecule has 0 aliphatic carbocycles. The molecular weight excluding hydrogens is 156 g/mol. The van der Waals surface area contributed by atoms with Gasteiger partial charge in [-0.2, -0.15) is 0 Å². The van der Waals surface area contributed by atoms with E-state index in [1.54, 1.807) is 6.21 Å². The van der Waals surface area contributed by atoms with Crippen molar-refractivity contribution in [2.45, 2.75) is 6.92 Å². The summed E-state index contributed by atoms with van der Waals surface area (Å²) in [7, 11) is 0. The fourth-order valence-corrected chi connectivity index (χ4v) is 1.21. The molecule has 0 saturated heterocycles. The molecule has 11 heavy (non-hydrogen) atoms. The summed E-state index contributed by atoms with van der Waals surface area (Å²) in [5.41, 5.74) is 1.12. The molecule has 1 aliphatic rings. The van der Waals surface area contributed by atoms with Crippen LogP contribution in [0.4, 0.5) is 0 Å². The Morgan fingerprint density at radius 2 is 2.45 bits per heavy atom. The third-order valence-corrected chi connectivity index (χ3v) is 1.72. The van der Waals surface area contributed by atoms with Gasteiger partial charge in [0, 0.05) is 29.3 Å². The molecule has 0 bridgehead atoms. The first-order chi connectivity index (χ1) is 5.29. The van der Waals surface area contributed by atoms with Crippen molar-refractivity contribution < 1.29 is 0 Å². The monoisotopic (exact) mass is 166 g/mol. The number of allylic oxidation sites excluding steroid dienone is 2. The Balaban J connectivity index is 2.76. The first-order valence-electron chi connectivity index (χ1n) is 3.35. The molecule has 0 saturated carbocycles. The van der Waals surface area contributed by atoms with Gasteiger partial charge in [-0.15, -0.1) is 0 Å². The predicted molar refractivity (Wildman–Crippen MR) is 52.3 cm³/mol. The molecule has 0 spiro atoms. The SMILES string of the molecule is C=C1/C=C(/C)C=NC/C=N\S1. The standard InChI is InChI=1S/C8H10N2S/c1-7-5-8(2)11-10-4-3-9-6-7/h4-6H,2-3H2,1H3/b7-5-,9-6?,10-4-. The van der Waals surface area contributed by atoms with Gasteiger partial charge >= 0.3 is 0 Å². The summed E-state index contributed by atoms with van der Waals surface area (Å²) in [5.74, 6) is 0. The van der Waals surface area contributed by atoms with Crippen LogP contribution in [0.15, 0.2) is 32.5 Å². The van der Waals surface area contributed by atoms with Crippen molar-refractivity contribution in [3.63, 3.8) is 0 Å². The molecule has 3 heteroatoms. The van der Waals surface area contributed by atoms with Crippen LogP contribution in [-0.2, 0) is 0 Å². The number of hydrogen-bond donors (Lipinski definition) is 0. The summed E-state index contributed by atoms with van der Waals surface area (Å²) in [6.07, 6.45) is 5.58. The highest BCUT2D eigenvalue weighted by atomic mass is 32.2. The molecule has 1 aliphatic heterocycles. The van der Waals surface area contributed by atoms with Crippen LogP contribution in [0.5, 0.6) is 0 Å². The Hall–Kier alpha value is -0.830. The lowest BCUT2D eigenvalue weighted by Crippen LogP contribution is -1.81. The van der Waals surface area contributed by atoms with Crippen molar-refractivity contribution in [1.82, 2.24) is 0 Å². The van der Waals surface area contributed by atoms with Crippen LogP contribution in [0.3, 0.4) is 0 Å². The smallest absolute Gasteiger partial charge is 0.0749 e. The van der Waals surface area contributed by atoms with E-state index in [1.165, 1.54) is 11.9 Å². The summed E-state index contributed by atoms with van der Waals surface area (Å²) in [5, 5.41) is 0. The predicted octanol–water partition coefficient (Wildman–Crippen LogP) is 2.25. The van der Waals surface area contributed by atoms with E-state index >= 15 is 0 Å². The van der Waals surface area contributed by atoms with Crippen LogP contribution in [0.25, 0.3) is 0 Å². The first kappa shape index (κ1) is 8.27. The Morgan fingerprint density at radius 1 is 1.64 bits per heavy atom. The van der Waals surface area contributed by atoms with Crippen molar-refractivity contribution in [3.05, 3.63) is 23.1 Å². The van der Waals surface area contributed by atoms with E-state index in [0.29, 0.717) is 6.54 Å². The van der Waals surface area contributed by atoms with Gasteiger partial charge in [0.1, 0.15) is 0 Å². The average molecular weight is 166 g/mol. The fourth-order valence-electron chi connectivity index (χ4n) is 0.700. The molecular formula is C8H10N2S. The molecule has 0 aromatic rings. The van der Waals surface area contributed by atoms with E-state index in [1.807, 2.05) is 19.2 Å². The molecule has 0 amide bonds. The topological polar surface area (TPSA) is 24.7 Å². The summed E-state index contributed by atoms with van der Waals surface area (Å²) in [6.45, 7) is 6.48. The molecule has 0 radical (unpaired) electrons. The van der Waals surface area contributed by atoms with E-state index in [9.17, 15) is 0 Å². The van der Waals surface area contributed by atoms with Gasteiger partial charge in [-0.25, -0.2) is 4.40 Å². The van der Waals surface area contributed by atoms with E-state index in [0.717, 1.165) is 10.5 Å². The third-order valence-electron chi connectivity index (χ3n) is 1.12. The molecule has 0 aromatic heterocycles. The minimum atomic E-state index is 0.658. The van der Waals surface area contributed by atoms with E-state index in [-0.39, 0.29) is 0 Å². The zero-order valence-electron chi connectivity index (χ0n) is 6.45. The Bertz CT molecular complexity index is 238. The van der Waals surface area contributed by atoms with Gasteiger partial charge in [-0.05, 0) is 18.6 Å². The molecule has 0 fully saturated rings. The maximum atomic E-state index is 4.11. The van der Waals surface area contributed by atoms with Gasteiger partial charge in [0.2, 0.25) is 0 Å². The second kappa shape index (κ2) is 4.13. The third kappa shape index (κ3) is 3.18. The van der Waals surface area contributed by atoms with Crippen LogP contribution in [0.2, 0.25) is 0 Å². The Labute approximate surface area is 71.0 Å². The van der Waals surface area contributed by atoms with Crippen LogP contribution < -0.4 is 0 Å². The van der Waals surface area contributed by atoms with Crippen molar-refractivity contribution in [2.75, 3.05) is 6.54 Å². The summed E-state index contributed by atoms with van der Waals surface area (Å²) in [4.78, 5) is 5.06. The zero-order chi connectivity index (χ0) is 8.10. The maximum Gasteiger partial charge on any atom is 0.0749 e. The second-order valence-corrected chi connectivity index (χ2v) is 3.15. The largest absolute Gasteiger partial charge is 0.287 e. The average Bonchev–Trinajstić information content (AvgIpc) is 2.02. The van der Waals surface area contributed by atoms with Gasteiger partial charge in [-0.1, -0.05) is 6.58 Å².